The number of carbonyl (C=O) groups excluding carboxylic acids is 1. The average molecular weight is 379 g/mol. The Morgan fingerprint density at radius 3 is 2.40 bits per heavy atom. The average Bonchev–Trinajstić information content (AvgIpc) is 2.61. The van der Waals surface area contributed by atoms with Crippen molar-refractivity contribution in [3.8, 4) is 0 Å². The predicted octanol–water partition coefficient (Wildman–Crippen LogP) is 2.01. The molecular formula is C19H22Cl2N3O+. The highest BCUT2D eigenvalue weighted by atomic mass is 35.5. The molecule has 1 saturated heterocycles. The van der Waals surface area contributed by atoms with E-state index in [9.17, 15) is 4.79 Å². The highest BCUT2D eigenvalue weighted by Gasteiger charge is 2.22. The molecule has 2 N–H and O–H groups in total. The number of nitrogens with zero attached hydrogens (tertiary/aromatic N) is 1. The van der Waals surface area contributed by atoms with Crippen molar-refractivity contribution in [2.24, 2.45) is 0 Å². The molecule has 1 fully saturated rings. The van der Waals surface area contributed by atoms with Gasteiger partial charge in [0, 0.05) is 22.3 Å². The monoisotopic (exact) mass is 378 g/mol. The van der Waals surface area contributed by atoms with E-state index in [4.69, 9.17) is 23.2 Å². The van der Waals surface area contributed by atoms with Crippen LogP contribution < -0.4 is 15.1 Å². The first kappa shape index (κ1) is 18.1. The topological polar surface area (TPSA) is 36.8 Å². The Labute approximate surface area is 158 Å². The number of rotatable bonds is 5. The lowest BCUT2D eigenvalue weighted by molar-refractivity contribution is -0.892. The smallest absolute Gasteiger partial charge is 0.275 e. The lowest BCUT2D eigenvalue weighted by Crippen LogP contribution is -3.15. The van der Waals surface area contributed by atoms with Gasteiger partial charge >= 0.3 is 0 Å². The van der Waals surface area contributed by atoms with Crippen LogP contribution in [0.15, 0.2) is 48.5 Å². The van der Waals surface area contributed by atoms with Gasteiger partial charge in [-0.3, -0.25) is 4.79 Å². The summed E-state index contributed by atoms with van der Waals surface area (Å²) in [4.78, 5) is 15.8. The van der Waals surface area contributed by atoms with E-state index in [0.29, 0.717) is 18.1 Å². The highest BCUT2D eigenvalue weighted by molar-refractivity contribution is 6.31. The second-order valence-corrected chi connectivity index (χ2v) is 7.17. The van der Waals surface area contributed by atoms with Crippen molar-refractivity contribution >= 4 is 34.8 Å². The summed E-state index contributed by atoms with van der Waals surface area (Å²) < 4.78 is 0. The number of amides is 1. The molecule has 0 spiro atoms. The number of quaternary nitrogens is 1. The Bertz CT molecular complexity index is 730. The Morgan fingerprint density at radius 1 is 1.04 bits per heavy atom. The van der Waals surface area contributed by atoms with Gasteiger partial charge in [-0.05, 0) is 35.9 Å². The van der Waals surface area contributed by atoms with Crippen LogP contribution in [-0.2, 0) is 11.3 Å². The summed E-state index contributed by atoms with van der Waals surface area (Å²) >= 11 is 12.0. The van der Waals surface area contributed by atoms with Crippen molar-refractivity contribution in [1.82, 2.24) is 5.32 Å². The van der Waals surface area contributed by atoms with E-state index < -0.39 is 0 Å². The van der Waals surface area contributed by atoms with Crippen LogP contribution in [-0.4, -0.2) is 38.6 Å². The summed E-state index contributed by atoms with van der Waals surface area (Å²) in [7, 11) is 0. The lowest BCUT2D eigenvalue weighted by Gasteiger charge is -2.33. The van der Waals surface area contributed by atoms with E-state index in [-0.39, 0.29) is 5.91 Å². The van der Waals surface area contributed by atoms with Gasteiger partial charge in [0.2, 0.25) is 0 Å². The van der Waals surface area contributed by atoms with Crippen LogP contribution in [0.1, 0.15) is 5.56 Å². The zero-order valence-electron chi connectivity index (χ0n) is 14.0. The first-order chi connectivity index (χ1) is 12.1. The van der Waals surface area contributed by atoms with Gasteiger partial charge in [0.05, 0.1) is 26.2 Å². The molecule has 132 valence electrons. The molecule has 1 heterocycles. The second kappa shape index (κ2) is 8.56. The van der Waals surface area contributed by atoms with Gasteiger partial charge in [0.1, 0.15) is 0 Å². The molecule has 1 aliphatic rings. The van der Waals surface area contributed by atoms with Crippen LogP contribution in [0.25, 0.3) is 0 Å². The molecule has 0 atom stereocenters. The number of benzene rings is 2. The minimum atomic E-state index is 0.0752. The maximum atomic E-state index is 12.2. The largest absolute Gasteiger partial charge is 0.360 e. The second-order valence-electron chi connectivity index (χ2n) is 6.30. The summed E-state index contributed by atoms with van der Waals surface area (Å²) in [6.45, 7) is 4.76. The van der Waals surface area contributed by atoms with Crippen molar-refractivity contribution in [3.05, 3.63) is 64.1 Å². The maximum absolute atomic E-state index is 12.2. The fourth-order valence-electron chi connectivity index (χ4n) is 3.07. The van der Waals surface area contributed by atoms with E-state index >= 15 is 0 Å². The summed E-state index contributed by atoms with van der Waals surface area (Å²) in [5.41, 5.74) is 2.17. The summed E-state index contributed by atoms with van der Waals surface area (Å²) in [6.07, 6.45) is 0. The number of halogens is 2. The number of hydrogen-bond donors (Lipinski definition) is 2. The van der Waals surface area contributed by atoms with Gasteiger partial charge in [0.15, 0.2) is 6.54 Å². The standard InChI is InChI=1S/C19H21Cl2N3O/c20-16-4-1-3-15(11-16)13-22-19(25)14-23-7-9-24(10-8-23)18-6-2-5-17(21)12-18/h1-6,11-12H,7-10,13-14H2,(H,22,25)/p+1. The molecule has 0 saturated carbocycles. The van der Waals surface area contributed by atoms with E-state index in [2.05, 4.69) is 16.3 Å². The van der Waals surface area contributed by atoms with E-state index in [1.807, 2.05) is 42.5 Å². The third kappa shape index (κ3) is 5.36. The first-order valence-electron chi connectivity index (χ1n) is 8.45. The lowest BCUT2D eigenvalue weighted by atomic mass is 10.2. The third-order valence-electron chi connectivity index (χ3n) is 4.43. The third-order valence-corrected chi connectivity index (χ3v) is 4.90. The Hall–Kier alpha value is -1.75. The summed E-state index contributed by atoms with van der Waals surface area (Å²) in [5.74, 6) is 0.0752. The predicted molar refractivity (Wildman–Crippen MR) is 103 cm³/mol. The fourth-order valence-corrected chi connectivity index (χ4v) is 3.47. The Balaban J connectivity index is 1.43. The van der Waals surface area contributed by atoms with E-state index in [1.54, 1.807) is 0 Å². The fraction of sp³-hybridized carbons (Fsp3) is 0.316. The van der Waals surface area contributed by atoms with Crippen LogP contribution in [0.5, 0.6) is 0 Å². The number of carbonyl (C=O) groups is 1. The van der Waals surface area contributed by atoms with Gasteiger partial charge in [0.25, 0.3) is 5.91 Å². The molecule has 0 unspecified atom stereocenters. The molecule has 0 radical (unpaired) electrons. The summed E-state index contributed by atoms with van der Waals surface area (Å²) in [6, 6.07) is 15.5. The zero-order valence-corrected chi connectivity index (χ0v) is 15.5. The van der Waals surface area contributed by atoms with Crippen molar-refractivity contribution in [2.45, 2.75) is 6.54 Å². The molecular weight excluding hydrogens is 357 g/mol. The molecule has 1 amide bonds. The van der Waals surface area contributed by atoms with Crippen molar-refractivity contribution < 1.29 is 9.69 Å². The van der Waals surface area contributed by atoms with Gasteiger partial charge in [-0.25, -0.2) is 0 Å². The maximum Gasteiger partial charge on any atom is 0.275 e. The van der Waals surface area contributed by atoms with Gasteiger partial charge in [-0.15, -0.1) is 0 Å². The van der Waals surface area contributed by atoms with Crippen molar-refractivity contribution in [1.29, 1.82) is 0 Å². The molecule has 0 aliphatic carbocycles. The minimum absolute atomic E-state index is 0.0752. The van der Waals surface area contributed by atoms with Crippen molar-refractivity contribution in [3.63, 3.8) is 0 Å². The van der Waals surface area contributed by atoms with Crippen LogP contribution in [0, 0.1) is 0 Å². The summed E-state index contributed by atoms with van der Waals surface area (Å²) in [5, 5.41) is 4.42. The van der Waals surface area contributed by atoms with Crippen molar-refractivity contribution in [2.75, 3.05) is 37.6 Å². The minimum Gasteiger partial charge on any atom is -0.360 e. The molecule has 0 bridgehead atoms. The number of nitrogens with one attached hydrogen (secondary N) is 2. The van der Waals surface area contributed by atoms with E-state index in [1.165, 1.54) is 4.90 Å². The highest BCUT2D eigenvalue weighted by Crippen LogP contribution is 2.19. The normalized spacial score (nSPS) is 15.2. The number of hydrogen-bond acceptors (Lipinski definition) is 2. The molecule has 0 aromatic heterocycles. The van der Waals surface area contributed by atoms with Crippen LogP contribution in [0.2, 0.25) is 10.0 Å². The molecule has 25 heavy (non-hydrogen) atoms. The van der Waals surface area contributed by atoms with Gasteiger partial charge < -0.3 is 15.1 Å². The first-order valence-corrected chi connectivity index (χ1v) is 9.21. The number of piperazine rings is 1. The Kier molecular flexibility index (Phi) is 6.19. The van der Waals surface area contributed by atoms with Crippen LogP contribution in [0.4, 0.5) is 5.69 Å². The Morgan fingerprint density at radius 2 is 1.72 bits per heavy atom. The van der Waals surface area contributed by atoms with E-state index in [0.717, 1.165) is 42.5 Å². The number of anilines is 1. The van der Waals surface area contributed by atoms with Gasteiger partial charge in [-0.2, -0.15) is 0 Å². The molecule has 2 aromatic carbocycles. The van der Waals surface area contributed by atoms with Crippen LogP contribution >= 0.6 is 23.2 Å². The van der Waals surface area contributed by atoms with Gasteiger partial charge in [-0.1, -0.05) is 41.4 Å². The molecule has 3 rings (SSSR count). The quantitative estimate of drug-likeness (QED) is 0.834. The van der Waals surface area contributed by atoms with Crippen LogP contribution in [0.3, 0.4) is 0 Å². The molecule has 4 nitrogen and oxygen atoms in total. The molecule has 1 aliphatic heterocycles. The SMILES string of the molecule is O=C(C[NH+]1CCN(c2cccc(Cl)c2)CC1)NCc1cccc(Cl)c1. The molecule has 6 heteroatoms. The zero-order chi connectivity index (χ0) is 17.6. The molecule has 2 aromatic rings.